The average molecular weight is 362 g/mol. The summed E-state index contributed by atoms with van der Waals surface area (Å²) in [5.74, 6) is 0.558. The van der Waals surface area contributed by atoms with Gasteiger partial charge in [0.1, 0.15) is 5.82 Å². The SMILES string of the molecule is CS(=O)(=O)N[C@@H]1CCC[C@@H](NC(=O)c2cccc(-c3ncc[nH]3)c2)C1. The number of benzene rings is 1. The number of nitrogens with zero attached hydrogens (tertiary/aromatic N) is 1. The molecule has 7 nitrogen and oxygen atoms in total. The van der Waals surface area contributed by atoms with Gasteiger partial charge < -0.3 is 10.3 Å². The normalized spacial score (nSPS) is 21.0. The second-order valence-electron chi connectivity index (χ2n) is 6.44. The highest BCUT2D eigenvalue weighted by atomic mass is 32.2. The number of rotatable bonds is 5. The van der Waals surface area contributed by atoms with E-state index < -0.39 is 10.0 Å². The van der Waals surface area contributed by atoms with Gasteiger partial charge in [-0.1, -0.05) is 12.1 Å². The Morgan fingerprint density at radius 2 is 2.08 bits per heavy atom. The third-order valence-corrected chi connectivity index (χ3v) is 5.05. The minimum atomic E-state index is -3.23. The molecule has 0 saturated heterocycles. The van der Waals surface area contributed by atoms with Crippen LogP contribution in [0.25, 0.3) is 11.4 Å². The molecule has 134 valence electrons. The molecule has 1 aromatic heterocycles. The number of amides is 1. The van der Waals surface area contributed by atoms with E-state index in [-0.39, 0.29) is 18.0 Å². The molecule has 0 spiro atoms. The molecule has 2 aromatic rings. The molecule has 1 amide bonds. The van der Waals surface area contributed by atoms with Gasteiger partial charge in [-0.2, -0.15) is 0 Å². The van der Waals surface area contributed by atoms with Gasteiger partial charge in [-0.15, -0.1) is 0 Å². The predicted octanol–water partition coefficient (Wildman–Crippen LogP) is 1.67. The Hall–Kier alpha value is -2.19. The standard InChI is InChI=1S/C17H22N4O3S/c1-25(23,24)21-15-7-3-6-14(11-15)20-17(22)13-5-2-4-12(10-13)16-18-8-9-19-16/h2,4-5,8-10,14-15,21H,3,6-7,11H2,1H3,(H,18,19)(H,20,22)/t14-,15-/m1/s1. The Morgan fingerprint density at radius 3 is 2.80 bits per heavy atom. The molecule has 3 rings (SSSR count). The average Bonchev–Trinajstić information content (AvgIpc) is 3.08. The molecule has 1 fully saturated rings. The molecule has 2 atom stereocenters. The zero-order valence-corrected chi connectivity index (χ0v) is 14.8. The van der Waals surface area contributed by atoms with Crippen molar-refractivity contribution in [1.29, 1.82) is 0 Å². The van der Waals surface area contributed by atoms with E-state index in [4.69, 9.17) is 0 Å². The van der Waals surface area contributed by atoms with E-state index in [1.165, 1.54) is 0 Å². The minimum Gasteiger partial charge on any atom is -0.349 e. The topological polar surface area (TPSA) is 104 Å². The maximum absolute atomic E-state index is 12.5. The van der Waals surface area contributed by atoms with Crippen LogP contribution < -0.4 is 10.0 Å². The summed E-state index contributed by atoms with van der Waals surface area (Å²) in [6.45, 7) is 0. The van der Waals surface area contributed by atoms with Crippen LogP contribution in [0.5, 0.6) is 0 Å². The first kappa shape index (κ1) is 17.6. The van der Waals surface area contributed by atoms with Crippen molar-refractivity contribution in [1.82, 2.24) is 20.0 Å². The first-order chi connectivity index (χ1) is 11.9. The van der Waals surface area contributed by atoms with Crippen molar-refractivity contribution in [2.75, 3.05) is 6.26 Å². The second-order valence-corrected chi connectivity index (χ2v) is 8.22. The summed E-state index contributed by atoms with van der Waals surface area (Å²) in [6, 6.07) is 7.11. The number of aromatic amines is 1. The summed E-state index contributed by atoms with van der Waals surface area (Å²) < 4.78 is 25.4. The van der Waals surface area contributed by atoms with Crippen molar-refractivity contribution in [3.05, 3.63) is 42.2 Å². The number of carbonyl (C=O) groups excluding carboxylic acids is 1. The summed E-state index contributed by atoms with van der Waals surface area (Å²) in [5, 5.41) is 3.02. The molecule has 3 N–H and O–H groups in total. The molecule has 0 aliphatic heterocycles. The Kier molecular flexibility index (Phi) is 5.19. The fourth-order valence-electron chi connectivity index (χ4n) is 3.23. The summed E-state index contributed by atoms with van der Waals surface area (Å²) in [7, 11) is -3.23. The van der Waals surface area contributed by atoms with Crippen LogP contribution in [-0.2, 0) is 10.0 Å². The molecular weight excluding hydrogens is 340 g/mol. The lowest BCUT2D eigenvalue weighted by Crippen LogP contribution is -2.45. The molecule has 0 radical (unpaired) electrons. The summed E-state index contributed by atoms with van der Waals surface area (Å²) in [4.78, 5) is 19.8. The predicted molar refractivity (Wildman–Crippen MR) is 95.5 cm³/mol. The van der Waals surface area contributed by atoms with Crippen molar-refractivity contribution < 1.29 is 13.2 Å². The van der Waals surface area contributed by atoms with Crippen LogP contribution in [0.2, 0.25) is 0 Å². The zero-order chi connectivity index (χ0) is 17.9. The minimum absolute atomic E-state index is 0.0345. The zero-order valence-electron chi connectivity index (χ0n) is 14.0. The molecule has 1 aliphatic rings. The first-order valence-corrected chi connectivity index (χ1v) is 10.2. The lowest BCUT2D eigenvalue weighted by molar-refractivity contribution is 0.0925. The number of imidazole rings is 1. The molecule has 0 unspecified atom stereocenters. The van der Waals surface area contributed by atoms with Gasteiger partial charge in [-0.3, -0.25) is 4.79 Å². The van der Waals surface area contributed by atoms with E-state index >= 15 is 0 Å². The van der Waals surface area contributed by atoms with Crippen molar-refractivity contribution in [2.24, 2.45) is 0 Å². The van der Waals surface area contributed by atoms with Gasteiger partial charge in [-0.05, 0) is 37.8 Å². The highest BCUT2D eigenvalue weighted by molar-refractivity contribution is 7.88. The maximum Gasteiger partial charge on any atom is 0.251 e. The highest BCUT2D eigenvalue weighted by Crippen LogP contribution is 2.20. The van der Waals surface area contributed by atoms with E-state index in [9.17, 15) is 13.2 Å². The number of hydrogen-bond donors (Lipinski definition) is 3. The van der Waals surface area contributed by atoms with Crippen LogP contribution in [0.4, 0.5) is 0 Å². The molecule has 1 saturated carbocycles. The van der Waals surface area contributed by atoms with Gasteiger partial charge in [0.25, 0.3) is 5.91 Å². The molecule has 1 aromatic carbocycles. The Morgan fingerprint density at radius 1 is 1.28 bits per heavy atom. The van der Waals surface area contributed by atoms with Gasteiger partial charge >= 0.3 is 0 Å². The van der Waals surface area contributed by atoms with E-state index in [0.717, 1.165) is 31.1 Å². The largest absolute Gasteiger partial charge is 0.349 e. The molecule has 25 heavy (non-hydrogen) atoms. The Bertz CT molecular complexity index is 833. The summed E-state index contributed by atoms with van der Waals surface area (Å²) in [6.07, 6.45) is 7.70. The van der Waals surface area contributed by atoms with Crippen LogP contribution in [0.3, 0.4) is 0 Å². The number of sulfonamides is 1. The smallest absolute Gasteiger partial charge is 0.251 e. The van der Waals surface area contributed by atoms with Gasteiger partial charge in [-0.25, -0.2) is 18.1 Å². The monoisotopic (exact) mass is 362 g/mol. The van der Waals surface area contributed by atoms with Crippen LogP contribution in [0.1, 0.15) is 36.0 Å². The number of carbonyl (C=O) groups is 1. The maximum atomic E-state index is 12.5. The first-order valence-electron chi connectivity index (χ1n) is 8.29. The lowest BCUT2D eigenvalue weighted by atomic mass is 9.91. The number of nitrogens with one attached hydrogen (secondary N) is 3. The number of hydrogen-bond acceptors (Lipinski definition) is 4. The third-order valence-electron chi connectivity index (χ3n) is 4.29. The van der Waals surface area contributed by atoms with Gasteiger partial charge in [0.15, 0.2) is 0 Å². The van der Waals surface area contributed by atoms with Gasteiger partial charge in [0.05, 0.1) is 6.26 Å². The van der Waals surface area contributed by atoms with Crippen LogP contribution >= 0.6 is 0 Å². The molecular formula is C17H22N4O3S. The van der Waals surface area contributed by atoms with Crippen molar-refractivity contribution in [3.8, 4) is 11.4 Å². The quantitative estimate of drug-likeness (QED) is 0.752. The fourth-order valence-corrected chi connectivity index (χ4v) is 4.05. The number of aromatic nitrogens is 2. The van der Waals surface area contributed by atoms with Gasteiger partial charge in [0.2, 0.25) is 10.0 Å². The molecule has 1 heterocycles. The van der Waals surface area contributed by atoms with Crippen LogP contribution in [-0.4, -0.2) is 42.6 Å². The fraction of sp³-hybridized carbons (Fsp3) is 0.412. The Balaban J connectivity index is 1.65. The van der Waals surface area contributed by atoms with Crippen molar-refractivity contribution in [2.45, 2.75) is 37.8 Å². The van der Waals surface area contributed by atoms with E-state index in [1.54, 1.807) is 24.5 Å². The molecule has 1 aliphatic carbocycles. The van der Waals surface area contributed by atoms with Crippen molar-refractivity contribution >= 4 is 15.9 Å². The van der Waals surface area contributed by atoms with E-state index in [2.05, 4.69) is 20.0 Å². The van der Waals surface area contributed by atoms with Crippen LogP contribution in [0.15, 0.2) is 36.7 Å². The second kappa shape index (κ2) is 7.37. The Labute approximate surface area is 147 Å². The third kappa shape index (κ3) is 4.90. The lowest BCUT2D eigenvalue weighted by Gasteiger charge is -2.29. The van der Waals surface area contributed by atoms with E-state index in [0.29, 0.717) is 17.8 Å². The highest BCUT2D eigenvalue weighted by Gasteiger charge is 2.25. The van der Waals surface area contributed by atoms with Crippen LogP contribution in [0, 0.1) is 0 Å². The summed E-state index contributed by atoms with van der Waals surface area (Å²) in [5.41, 5.74) is 1.41. The van der Waals surface area contributed by atoms with E-state index in [1.807, 2.05) is 12.1 Å². The molecule has 8 heteroatoms. The number of H-pyrrole nitrogens is 1. The van der Waals surface area contributed by atoms with Gasteiger partial charge in [0, 0.05) is 35.6 Å². The van der Waals surface area contributed by atoms with Crippen molar-refractivity contribution in [3.63, 3.8) is 0 Å². The summed E-state index contributed by atoms with van der Waals surface area (Å²) >= 11 is 0. The molecule has 0 bridgehead atoms.